The Morgan fingerprint density at radius 2 is 1.89 bits per heavy atom. The van der Waals surface area contributed by atoms with Gasteiger partial charge in [-0.2, -0.15) is 13.2 Å². The van der Waals surface area contributed by atoms with Gasteiger partial charge in [0.15, 0.2) is 0 Å². The third-order valence-corrected chi connectivity index (χ3v) is 4.98. The predicted octanol–water partition coefficient (Wildman–Crippen LogP) is 4.67. The van der Waals surface area contributed by atoms with E-state index in [4.69, 9.17) is 4.74 Å². The molecule has 0 spiro atoms. The van der Waals surface area contributed by atoms with E-state index in [1.165, 1.54) is 12.1 Å². The maximum atomic E-state index is 12.9. The second-order valence-corrected chi connectivity index (χ2v) is 7.08. The van der Waals surface area contributed by atoms with E-state index in [-0.39, 0.29) is 12.1 Å². The Morgan fingerprint density at radius 1 is 1.19 bits per heavy atom. The average Bonchev–Trinajstić information content (AvgIpc) is 3.05. The lowest BCUT2D eigenvalue weighted by Crippen LogP contribution is -2.50. The van der Waals surface area contributed by atoms with Crippen molar-refractivity contribution in [2.24, 2.45) is 0 Å². The molecule has 0 aliphatic carbocycles. The largest absolute Gasteiger partial charge is 0.493 e. The lowest BCUT2D eigenvalue weighted by atomic mass is 9.91. The highest BCUT2D eigenvalue weighted by molar-refractivity contribution is 5.97. The van der Waals surface area contributed by atoms with E-state index in [0.29, 0.717) is 12.2 Å². The molecule has 2 aromatic rings. The number of halogens is 3. The second-order valence-electron chi connectivity index (χ2n) is 7.08. The van der Waals surface area contributed by atoms with Crippen molar-refractivity contribution in [2.75, 3.05) is 11.5 Å². The molecule has 0 bridgehead atoms. The zero-order valence-corrected chi connectivity index (χ0v) is 14.9. The Balaban J connectivity index is 1.81. The fourth-order valence-corrected chi connectivity index (χ4v) is 3.69. The first-order valence-electron chi connectivity index (χ1n) is 8.82. The number of ether oxygens (including phenoxy) is 1. The van der Waals surface area contributed by atoms with Gasteiger partial charge >= 0.3 is 12.2 Å². The van der Waals surface area contributed by atoms with Crippen molar-refractivity contribution in [3.63, 3.8) is 0 Å². The molecule has 1 N–H and O–H groups in total. The number of amides is 2. The van der Waals surface area contributed by atoms with Crippen molar-refractivity contribution in [2.45, 2.75) is 38.5 Å². The summed E-state index contributed by atoms with van der Waals surface area (Å²) in [6.07, 6.45) is -3.61. The number of benzene rings is 2. The Kier molecular flexibility index (Phi) is 4.05. The minimum atomic E-state index is -4.39. The van der Waals surface area contributed by atoms with E-state index in [9.17, 15) is 18.0 Å². The van der Waals surface area contributed by atoms with Crippen molar-refractivity contribution in [1.29, 1.82) is 0 Å². The van der Waals surface area contributed by atoms with Gasteiger partial charge in [-0.15, -0.1) is 0 Å². The number of fused-ring (bicyclic) bond motifs is 2. The number of hydrogen-bond acceptors (Lipinski definition) is 2. The minimum absolute atomic E-state index is 0.0724. The van der Waals surface area contributed by atoms with Gasteiger partial charge in [0.25, 0.3) is 0 Å². The van der Waals surface area contributed by atoms with Crippen LogP contribution in [0.3, 0.4) is 0 Å². The molecule has 0 fully saturated rings. The molecule has 7 heteroatoms. The van der Waals surface area contributed by atoms with Crippen LogP contribution in [0.2, 0.25) is 0 Å². The van der Waals surface area contributed by atoms with Crippen LogP contribution in [-0.4, -0.2) is 18.7 Å². The van der Waals surface area contributed by atoms with Gasteiger partial charge < -0.3 is 10.1 Å². The summed E-state index contributed by atoms with van der Waals surface area (Å²) in [5.74, 6) is 0.764. The summed E-state index contributed by atoms with van der Waals surface area (Å²) in [5.41, 5.74) is 2.55. The number of anilines is 1. The van der Waals surface area contributed by atoms with Gasteiger partial charge in [-0.1, -0.05) is 12.1 Å². The van der Waals surface area contributed by atoms with E-state index < -0.39 is 17.8 Å². The molecule has 4 rings (SSSR count). The molecule has 2 amide bonds. The molecular weight excluding hydrogens is 357 g/mol. The first-order valence-corrected chi connectivity index (χ1v) is 8.82. The van der Waals surface area contributed by atoms with Crippen LogP contribution in [0.1, 0.15) is 42.1 Å². The summed E-state index contributed by atoms with van der Waals surface area (Å²) in [6.45, 7) is 4.41. The average molecular weight is 376 g/mol. The molecule has 2 heterocycles. The molecule has 2 aliphatic rings. The van der Waals surface area contributed by atoms with Crippen molar-refractivity contribution < 1.29 is 22.7 Å². The number of alkyl halides is 3. The minimum Gasteiger partial charge on any atom is -0.493 e. The van der Waals surface area contributed by atoms with Crippen LogP contribution in [0.15, 0.2) is 36.4 Å². The number of carbonyl (C=O) groups excluding carboxylic acids is 1. The van der Waals surface area contributed by atoms with Crippen molar-refractivity contribution in [1.82, 2.24) is 5.32 Å². The summed E-state index contributed by atoms with van der Waals surface area (Å²) < 4.78 is 44.2. The van der Waals surface area contributed by atoms with Crippen LogP contribution in [0.5, 0.6) is 5.75 Å². The van der Waals surface area contributed by atoms with Crippen LogP contribution in [-0.2, 0) is 12.6 Å². The third kappa shape index (κ3) is 3.01. The standard InChI is InChI=1S/C20H19F3N2O2/c1-11(2)25-16-10-17-13(7-8-27-17)9-15(16)18(24-19(25)26)12-3-5-14(6-4-12)20(21,22)23/h3-6,9-11,18H,7-8H2,1-2H3,(H,24,26). The smallest absolute Gasteiger partial charge is 0.416 e. The lowest BCUT2D eigenvalue weighted by Gasteiger charge is -2.38. The van der Waals surface area contributed by atoms with Gasteiger partial charge in [0.1, 0.15) is 5.75 Å². The summed E-state index contributed by atoms with van der Waals surface area (Å²) in [4.78, 5) is 14.4. The highest BCUT2D eigenvalue weighted by Gasteiger charge is 2.36. The van der Waals surface area contributed by atoms with E-state index in [1.54, 1.807) is 4.90 Å². The zero-order chi connectivity index (χ0) is 19.3. The highest BCUT2D eigenvalue weighted by Crippen LogP contribution is 2.42. The van der Waals surface area contributed by atoms with Crippen molar-refractivity contribution >= 4 is 11.7 Å². The van der Waals surface area contributed by atoms with Gasteiger partial charge in [-0.25, -0.2) is 4.79 Å². The van der Waals surface area contributed by atoms with E-state index in [0.717, 1.165) is 41.1 Å². The molecule has 0 aromatic heterocycles. The number of rotatable bonds is 2. The van der Waals surface area contributed by atoms with Crippen molar-refractivity contribution in [3.05, 3.63) is 58.7 Å². The Hall–Kier alpha value is -2.70. The molecule has 2 aliphatic heterocycles. The molecule has 0 saturated carbocycles. The quantitative estimate of drug-likeness (QED) is 0.828. The summed E-state index contributed by atoms with van der Waals surface area (Å²) in [5, 5.41) is 2.93. The predicted molar refractivity (Wildman–Crippen MR) is 95.1 cm³/mol. The number of urea groups is 1. The Bertz CT molecular complexity index is 891. The van der Waals surface area contributed by atoms with Gasteiger partial charge in [-0.3, -0.25) is 4.90 Å². The van der Waals surface area contributed by atoms with Gasteiger partial charge in [0.05, 0.1) is 23.9 Å². The third-order valence-electron chi connectivity index (χ3n) is 4.98. The summed E-state index contributed by atoms with van der Waals surface area (Å²) in [6, 6.07) is 7.95. The zero-order valence-electron chi connectivity index (χ0n) is 14.9. The van der Waals surface area contributed by atoms with Gasteiger partial charge in [-0.05, 0) is 43.2 Å². The molecule has 27 heavy (non-hydrogen) atoms. The fourth-order valence-electron chi connectivity index (χ4n) is 3.69. The maximum absolute atomic E-state index is 12.9. The normalized spacial score (nSPS) is 18.8. The number of carbonyl (C=O) groups is 1. The Morgan fingerprint density at radius 3 is 2.52 bits per heavy atom. The SMILES string of the molecule is CC(C)N1C(=O)NC(c2ccc(C(F)(F)F)cc2)c2cc3c(cc21)OCC3. The van der Waals surface area contributed by atoms with E-state index >= 15 is 0 Å². The molecule has 0 saturated heterocycles. The van der Waals surface area contributed by atoms with Gasteiger partial charge in [0.2, 0.25) is 0 Å². The number of nitrogens with zero attached hydrogens (tertiary/aromatic N) is 1. The summed E-state index contributed by atoms with van der Waals surface area (Å²) >= 11 is 0. The van der Waals surface area contributed by atoms with E-state index in [1.807, 2.05) is 26.0 Å². The molecule has 142 valence electrons. The number of nitrogens with one attached hydrogen (secondary N) is 1. The number of hydrogen-bond donors (Lipinski definition) is 1. The topological polar surface area (TPSA) is 41.6 Å². The monoisotopic (exact) mass is 376 g/mol. The molecule has 1 atom stereocenters. The molecule has 0 radical (unpaired) electrons. The van der Waals surface area contributed by atoms with E-state index in [2.05, 4.69) is 5.32 Å². The van der Waals surface area contributed by atoms with Crippen LogP contribution in [0.25, 0.3) is 0 Å². The molecular formula is C20H19F3N2O2. The maximum Gasteiger partial charge on any atom is 0.416 e. The first kappa shape index (κ1) is 17.7. The van der Waals surface area contributed by atoms with Crippen LogP contribution in [0.4, 0.5) is 23.7 Å². The van der Waals surface area contributed by atoms with Crippen molar-refractivity contribution in [3.8, 4) is 5.75 Å². The Labute approximate surface area is 154 Å². The first-order chi connectivity index (χ1) is 12.8. The lowest BCUT2D eigenvalue weighted by molar-refractivity contribution is -0.137. The fraction of sp³-hybridized carbons (Fsp3) is 0.350. The summed E-state index contributed by atoms with van der Waals surface area (Å²) in [7, 11) is 0. The van der Waals surface area contributed by atoms with Crippen LogP contribution < -0.4 is 15.0 Å². The second kappa shape index (κ2) is 6.18. The van der Waals surface area contributed by atoms with Gasteiger partial charge in [0, 0.05) is 24.1 Å². The molecule has 1 unspecified atom stereocenters. The molecule has 2 aromatic carbocycles. The van der Waals surface area contributed by atoms with Crippen LogP contribution >= 0.6 is 0 Å². The van der Waals surface area contributed by atoms with Crippen LogP contribution in [0, 0.1) is 0 Å². The highest BCUT2D eigenvalue weighted by atomic mass is 19.4. The molecule has 4 nitrogen and oxygen atoms in total.